The lowest BCUT2D eigenvalue weighted by molar-refractivity contribution is -0.130. The molecule has 1 fully saturated rings. The summed E-state index contributed by atoms with van der Waals surface area (Å²) in [4.78, 5) is 22.3. The van der Waals surface area contributed by atoms with Crippen LogP contribution in [0.15, 0.2) is 16.8 Å². The number of ketones is 2. The summed E-state index contributed by atoms with van der Waals surface area (Å²) in [7, 11) is 0. The largest absolute Gasteiger partial charge is 0.299 e. The van der Waals surface area contributed by atoms with Gasteiger partial charge in [0, 0.05) is 12.8 Å². The van der Waals surface area contributed by atoms with Gasteiger partial charge < -0.3 is 0 Å². The molecule has 1 heterocycles. The lowest BCUT2D eigenvalue weighted by Crippen LogP contribution is -2.20. The molecule has 0 spiro atoms. The van der Waals surface area contributed by atoms with Crippen LogP contribution in [0, 0.1) is 0 Å². The highest BCUT2D eigenvalue weighted by molar-refractivity contribution is 7.08. The molecule has 2 nitrogen and oxygen atoms in total. The molecule has 1 aliphatic carbocycles. The molecule has 0 bridgehead atoms. The zero-order valence-electron chi connectivity index (χ0n) is 9.16. The highest BCUT2D eigenvalue weighted by Gasteiger charge is 2.26. The Morgan fingerprint density at radius 1 is 1.20 bits per heavy atom. The van der Waals surface area contributed by atoms with Gasteiger partial charge in [-0.1, -0.05) is 13.8 Å². The van der Waals surface area contributed by atoms with Crippen LogP contribution in [-0.2, 0) is 9.59 Å². The van der Waals surface area contributed by atoms with Crippen LogP contribution in [0.25, 0.3) is 0 Å². The van der Waals surface area contributed by atoms with Crippen molar-refractivity contribution in [1.82, 2.24) is 0 Å². The highest BCUT2D eigenvalue weighted by atomic mass is 32.1. The first-order valence-corrected chi connectivity index (χ1v) is 6.25. The fourth-order valence-electron chi connectivity index (χ4n) is 1.73. The molecule has 1 aromatic heterocycles. The molecule has 3 heteroatoms. The van der Waals surface area contributed by atoms with E-state index in [1.807, 2.05) is 30.7 Å². The van der Waals surface area contributed by atoms with Gasteiger partial charge >= 0.3 is 0 Å². The minimum atomic E-state index is 0.0902. The van der Waals surface area contributed by atoms with Gasteiger partial charge in [0.05, 0.1) is 6.42 Å². The first-order valence-electron chi connectivity index (χ1n) is 5.31. The van der Waals surface area contributed by atoms with Gasteiger partial charge in [0.25, 0.3) is 0 Å². The van der Waals surface area contributed by atoms with Crippen molar-refractivity contribution in [2.45, 2.75) is 39.0 Å². The zero-order valence-corrected chi connectivity index (χ0v) is 9.97. The van der Waals surface area contributed by atoms with E-state index in [4.69, 9.17) is 0 Å². The predicted molar refractivity (Wildman–Crippen MR) is 62.3 cm³/mol. The number of rotatable bonds is 1. The molecule has 1 aromatic rings. The summed E-state index contributed by atoms with van der Waals surface area (Å²) in [6.07, 6.45) is 1.24. The van der Waals surface area contributed by atoms with Crippen molar-refractivity contribution in [1.29, 1.82) is 0 Å². The van der Waals surface area contributed by atoms with E-state index in [0.29, 0.717) is 12.8 Å². The highest BCUT2D eigenvalue weighted by Crippen LogP contribution is 2.30. The average molecular weight is 224 g/mol. The fourth-order valence-corrected chi connectivity index (χ4v) is 2.47. The molecule has 0 radical (unpaired) electrons. The van der Waals surface area contributed by atoms with Crippen LogP contribution in [0.4, 0.5) is 0 Å². The number of hydrogen-bond acceptors (Lipinski definition) is 3. The van der Waals surface area contributed by atoms with Gasteiger partial charge in [-0.15, -0.1) is 0 Å². The normalized spacial score (nSPS) is 17.2. The summed E-state index contributed by atoms with van der Waals surface area (Å²) in [5.41, 5.74) is 1.14. The SMILES string of the molecule is CC.O=C1CC(=O)CC(c2ccsc2)C1. The summed E-state index contributed by atoms with van der Waals surface area (Å²) in [5, 5.41) is 4.01. The molecular weight excluding hydrogens is 208 g/mol. The first-order chi connectivity index (χ1) is 7.25. The Balaban J connectivity index is 0.000000531. The van der Waals surface area contributed by atoms with Crippen LogP contribution in [-0.4, -0.2) is 11.6 Å². The summed E-state index contributed by atoms with van der Waals surface area (Å²) in [5.74, 6) is 0.333. The van der Waals surface area contributed by atoms with Crippen LogP contribution >= 0.6 is 11.3 Å². The topological polar surface area (TPSA) is 34.1 Å². The lowest BCUT2D eigenvalue weighted by Gasteiger charge is -2.18. The maximum atomic E-state index is 11.2. The van der Waals surface area contributed by atoms with E-state index in [-0.39, 0.29) is 23.9 Å². The van der Waals surface area contributed by atoms with Gasteiger partial charge in [0.15, 0.2) is 0 Å². The number of Topliss-reactive ketones (excluding diaryl/α,β-unsaturated/α-hetero) is 2. The molecule has 1 aliphatic rings. The molecule has 0 N–H and O–H groups in total. The van der Waals surface area contributed by atoms with Crippen LogP contribution in [0.5, 0.6) is 0 Å². The van der Waals surface area contributed by atoms with Crippen molar-refractivity contribution in [3.8, 4) is 0 Å². The second kappa shape index (κ2) is 5.81. The third kappa shape index (κ3) is 3.27. The molecule has 0 atom stereocenters. The molecule has 0 saturated heterocycles. The molecular formula is C12H16O2S. The van der Waals surface area contributed by atoms with Crippen molar-refractivity contribution < 1.29 is 9.59 Å². The smallest absolute Gasteiger partial charge is 0.140 e. The maximum absolute atomic E-state index is 11.2. The lowest BCUT2D eigenvalue weighted by atomic mass is 9.84. The quantitative estimate of drug-likeness (QED) is 0.686. The molecule has 82 valence electrons. The molecule has 1 saturated carbocycles. The van der Waals surface area contributed by atoms with E-state index in [0.717, 1.165) is 5.56 Å². The maximum Gasteiger partial charge on any atom is 0.140 e. The summed E-state index contributed by atoms with van der Waals surface area (Å²) in [6.45, 7) is 4.00. The molecule has 15 heavy (non-hydrogen) atoms. The Morgan fingerprint density at radius 2 is 1.80 bits per heavy atom. The van der Waals surface area contributed by atoms with Crippen molar-refractivity contribution in [3.05, 3.63) is 22.4 Å². The average Bonchev–Trinajstić information content (AvgIpc) is 2.72. The van der Waals surface area contributed by atoms with Gasteiger partial charge in [-0.2, -0.15) is 11.3 Å². The number of thiophene rings is 1. The zero-order chi connectivity index (χ0) is 11.3. The van der Waals surface area contributed by atoms with E-state index in [2.05, 4.69) is 0 Å². The van der Waals surface area contributed by atoms with Gasteiger partial charge in [-0.05, 0) is 28.3 Å². The third-order valence-electron chi connectivity index (χ3n) is 2.36. The van der Waals surface area contributed by atoms with Crippen molar-refractivity contribution >= 4 is 22.9 Å². The van der Waals surface area contributed by atoms with Crippen molar-refractivity contribution in [2.75, 3.05) is 0 Å². The second-order valence-corrected chi connectivity index (χ2v) is 4.20. The molecule has 0 aromatic carbocycles. The summed E-state index contributed by atoms with van der Waals surface area (Å²) < 4.78 is 0. The molecule has 2 rings (SSSR count). The Kier molecular flexibility index (Phi) is 4.69. The number of hydrogen-bond donors (Lipinski definition) is 0. The Morgan fingerprint density at radius 3 is 2.27 bits per heavy atom. The van der Waals surface area contributed by atoms with Crippen LogP contribution in [0.2, 0.25) is 0 Å². The molecule has 0 unspecified atom stereocenters. The van der Waals surface area contributed by atoms with Crippen LogP contribution in [0.3, 0.4) is 0 Å². The Hall–Kier alpha value is -0.960. The number of carbonyl (C=O) groups is 2. The molecule has 0 amide bonds. The van der Waals surface area contributed by atoms with E-state index in [9.17, 15) is 9.59 Å². The fraction of sp³-hybridized carbons (Fsp3) is 0.500. The van der Waals surface area contributed by atoms with Crippen molar-refractivity contribution in [3.63, 3.8) is 0 Å². The van der Waals surface area contributed by atoms with E-state index in [1.165, 1.54) is 0 Å². The van der Waals surface area contributed by atoms with Gasteiger partial charge in [0.1, 0.15) is 11.6 Å². The number of carbonyl (C=O) groups excluding carboxylic acids is 2. The van der Waals surface area contributed by atoms with E-state index >= 15 is 0 Å². The Labute approximate surface area is 94.3 Å². The van der Waals surface area contributed by atoms with Crippen molar-refractivity contribution in [2.24, 2.45) is 0 Å². The van der Waals surface area contributed by atoms with E-state index < -0.39 is 0 Å². The van der Waals surface area contributed by atoms with Gasteiger partial charge in [-0.3, -0.25) is 9.59 Å². The molecule has 0 aliphatic heterocycles. The Bertz CT molecular complexity index is 311. The van der Waals surface area contributed by atoms with Crippen LogP contribution < -0.4 is 0 Å². The standard InChI is InChI=1S/C10H10O2S.C2H6/c11-9-3-8(4-10(12)5-9)7-1-2-13-6-7;1-2/h1-2,6,8H,3-5H2;1-2H3. The third-order valence-corrected chi connectivity index (χ3v) is 3.06. The minimum Gasteiger partial charge on any atom is -0.299 e. The minimum absolute atomic E-state index is 0.0902. The monoisotopic (exact) mass is 224 g/mol. The first kappa shape index (κ1) is 12.1. The summed E-state index contributed by atoms with van der Waals surface area (Å²) in [6, 6.07) is 2.00. The summed E-state index contributed by atoms with van der Waals surface area (Å²) >= 11 is 1.61. The van der Waals surface area contributed by atoms with Gasteiger partial charge in [0.2, 0.25) is 0 Å². The van der Waals surface area contributed by atoms with E-state index in [1.54, 1.807) is 11.3 Å². The van der Waals surface area contributed by atoms with Crippen LogP contribution in [0.1, 0.15) is 44.6 Å². The second-order valence-electron chi connectivity index (χ2n) is 3.42. The predicted octanol–water partition coefficient (Wildman–Crippen LogP) is 3.18. The van der Waals surface area contributed by atoms with Gasteiger partial charge in [-0.25, -0.2) is 0 Å².